The van der Waals surface area contributed by atoms with Gasteiger partial charge in [0.1, 0.15) is 12.7 Å². The summed E-state index contributed by atoms with van der Waals surface area (Å²) in [5.41, 5.74) is 2.57. The molecule has 0 saturated heterocycles. The Bertz CT molecular complexity index is 1210. The molecule has 0 bridgehead atoms. The van der Waals surface area contributed by atoms with Crippen LogP contribution >= 0.6 is 0 Å². The van der Waals surface area contributed by atoms with Crippen LogP contribution in [-0.2, 0) is 16.6 Å². The van der Waals surface area contributed by atoms with Crippen LogP contribution in [0, 0.1) is 0 Å². The van der Waals surface area contributed by atoms with E-state index in [2.05, 4.69) is 25.4 Å². The molecule has 3 N–H and O–H groups in total. The van der Waals surface area contributed by atoms with Gasteiger partial charge in [0.05, 0.1) is 17.0 Å². The van der Waals surface area contributed by atoms with E-state index in [1.807, 2.05) is 18.2 Å². The zero-order chi connectivity index (χ0) is 19.6. The highest BCUT2D eigenvalue weighted by Gasteiger charge is 2.08. The summed E-state index contributed by atoms with van der Waals surface area (Å²) in [4.78, 5) is 12.9. The maximum Gasteiger partial charge on any atom is 0.238 e. The lowest BCUT2D eigenvalue weighted by atomic mass is 10.0. The fourth-order valence-electron chi connectivity index (χ4n) is 2.76. The molecule has 0 fully saturated rings. The van der Waals surface area contributed by atoms with Crippen LogP contribution in [0.15, 0.2) is 66.2 Å². The molecule has 0 aliphatic carbocycles. The first-order valence-electron chi connectivity index (χ1n) is 8.45. The van der Waals surface area contributed by atoms with Gasteiger partial charge in [-0.25, -0.2) is 28.5 Å². The second-order valence-corrected chi connectivity index (χ2v) is 7.68. The summed E-state index contributed by atoms with van der Waals surface area (Å²) in [5.74, 6) is 0.523. The first-order chi connectivity index (χ1) is 13.5. The van der Waals surface area contributed by atoms with Crippen molar-refractivity contribution in [1.82, 2.24) is 24.7 Å². The lowest BCUT2D eigenvalue weighted by molar-refractivity contribution is 0.598. The number of aromatic nitrogens is 5. The summed E-state index contributed by atoms with van der Waals surface area (Å²) in [6.45, 7) is 1.27. The Morgan fingerprint density at radius 3 is 2.57 bits per heavy atom. The molecule has 10 heteroatoms. The Hall–Kier alpha value is -3.37. The van der Waals surface area contributed by atoms with Gasteiger partial charge in [-0.3, -0.25) is 4.68 Å². The smallest absolute Gasteiger partial charge is 0.238 e. The summed E-state index contributed by atoms with van der Waals surface area (Å²) in [5, 5.41) is 13.3. The predicted molar refractivity (Wildman–Crippen MR) is 105 cm³/mol. The van der Waals surface area contributed by atoms with E-state index in [9.17, 15) is 8.42 Å². The third-order valence-electron chi connectivity index (χ3n) is 4.19. The van der Waals surface area contributed by atoms with Gasteiger partial charge in [-0.1, -0.05) is 24.3 Å². The van der Waals surface area contributed by atoms with Crippen molar-refractivity contribution in [1.29, 1.82) is 0 Å². The molecule has 2 heterocycles. The summed E-state index contributed by atoms with van der Waals surface area (Å²) in [6.07, 6.45) is 4.90. The number of benzene rings is 2. The molecule has 0 aliphatic rings. The minimum atomic E-state index is -3.71. The third-order valence-corrected chi connectivity index (χ3v) is 5.12. The summed E-state index contributed by atoms with van der Waals surface area (Å²) in [6, 6.07) is 12.2. The molecule has 9 nitrogen and oxygen atoms in total. The first-order valence-corrected chi connectivity index (χ1v) is 10.00. The van der Waals surface area contributed by atoms with Crippen LogP contribution in [0.2, 0.25) is 0 Å². The number of sulfonamides is 1. The van der Waals surface area contributed by atoms with Crippen LogP contribution in [0.4, 0.5) is 5.95 Å². The fourth-order valence-corrected chi connectivity index (χ4v) is 3.27. The number of hydrogen-bond acceptors (Lipinski definition) is 7. The van der Waals surface area contributed by atoms with Crippen LogP contribution in [0.25, 0.3) is 22.0 Å². The van der Waals surface area contributed by atoms with Crippen molar-refractivity contribution in [2.75, 3.05) is 11.9 Å². The number of primary sulfonamides is 1. The van der Waals surface area contributed by atoms with E-state index in [0.29, 0.717) is 19.0 Å². The molecule has 2 aromatic carbocycles. The Morgan fingerprint density at radius 1 is 1.07 bits per heavy atom. The largest absolute Gasteiger partial charge is 0.352 e. The number of hydrogen-bond donors (Lipinski definition) is 2. The lowest BCUT2D eigenvalue weighted by Crippen LogP contribution is -2.12. The van der Waals surface area contributed by atoms with E-state index < -0.39 is 10.0 Å². The minimum absolute atomic E-state index is 0.0817. The van der Waals surface area contributed by atoms with Crippen molar-refractivity contribution in [3.63, 3.8) is 0 Å². The van der Waals surface area contributed by atoms with Gasteiger partial charge < -0.3 is 5.32 Å². The van der Waals surface area contributed by atoms with Gasteiger partial charge >= 0.3 is 0 Å². The second kappa shape index (κ2) is 7.33. The number of rotatable bonds is 6. The molecular weight excluding hydrogens is 378 g/mol. The van der Waals surface area contributed by atoms with Gasteiger partial charge in [0.25, 0.3) is 0 Å². The van der Waals surface area contributed by atoms with Gasteiger partial charge in [0, 0.05) is 18.1 Å². The van der Waals surface area contributed by atoms with Gasteiger partial charge in [0.2, 0.25) is 16.0 Å². The average molecular weight is 395 g/mol. The van der Waals surface area contributed by atoms with Crippen LogP contribution in [0.1, 0.15) is 0 Å². The van der Waals surface area contributed by atoms with Gasteiger partial charge in [-0.15, -0.1) is 0 Å². The van der Waals surface area contributed by atoms with Crippen molar-refractivity contribution < 1.29 is 8.42 Å². The van der Waals surface area contributed by atoms with Crippen molar-refractivity contribution >= 4 is 26.9 Å². The van der Waals surface area contributed by atoms with Crippen molar-refractivity contribution in [3.05, 3.63) is 61.3 Å². The maximum absolute atomic E-state index is 11.4. The molecule has 28 heavy (non-hydrogen) atoms. The molecular formula is C18H17N7O2S. The van der Waals surface area contributed by atoms with Crippen LogP contribution in [-0.4, -0.2) is 39.7 Å². The van der Waals surface area contributed by atoms with Crippen molar-refractivity contribution in [2.24, 2.45) is 5.14 Å². The second-order valence-electron chi connectivity index (χ2n) is 6.12. The van der Waals surface area contributed by atoms with E-state index in [0.717, 1.165) is 22.0 Å². The monoisotopic (exact) mass is 395 g/mol. The Kier molecular flexibility index (Phi) is 4.72. The number of nitrogens with zero attached hydrogens (tertiary/aromatic N) is 5. The van der Waals surface area contributed by atoms with Crippen LogP contribution in [0.3, 0.4) is 0 Å². The first kappa shape index (κ1) is 18.0. The van der Waals surface area contributed by atoms with Crippen LogP contribution in [0.5, 0.6) is 0 Å². The molecule has 0 spiro atoms. The van der Waals surface area contributed by atoms with Gasteiger partial charge in [-0.05, 0) is 29.3 Å². The van der Waals surface area contributed by atoms with E-state index in [-0.39, 0.29) is 4.90 Å². The van der Waals surface area contributed by atoms with E-state index in [1.54, 1.807) is 29.3 Å². The molecule has 2 aromatic heterocycles. The number of fused-ring (bicyclic) bond motifs is 1. The SMILES string of the molecule is NS(=O)(=O)c1ccc(-c2ccc3cnc(NCCn4cncn4)nc3c2)cc1. The zero-order valence-electron chi connectivity index (χ0n) is 14.7. The minimum Gasteiger partial charge on any atom is -0.352 e. The third kappa shape index (κ3) is 3.97. The molecule has 4 aromatic rings. The van der Waals surface area contributed by atoms with E-state index in [4.69, 9.17) is 5.14 Å². The Labute approximate surface area is 161 Å². The molecule has 0 saturated carbocycles. The molecule has 0 unspecified atom stereocenters. The number of anilines is 1. The molecule has 142 valence electrons. The highest BCUT2D eigenvalue weighted by molar-refractivity contribution is 7.89. The Morgan fingerprint density at radius 2 is 1.86 bits per heavy atom. The van der Waals surface area contributed by atoms with E-state index in [1.165, 1.54) is 18.5 Å². The normalized spacial score (nSPS) is 11.6. The van der Waals surface area contributed by atoms with Crippen molar-refractivity contribution in [3.8, 4) is 11.1 Å². The molecule has 0 aliphatic heterocycles. The van der Waals surface area contributed by atoms with Crippen molar-refractivity contribution in [2.45, 2.75) is 11.4 Å². The highest BCUT2D eigenvalue weighted by atomic mass is 32.2. The highest BCUT2D eigenvalue weighted by Crippen LogP contribution is 2.24. The lowest BCUT2D eigenvalue weighted by Gasteiger charge is -2.08. The number of nitrogens with one attached hydrogen (secondary N) is 1. The molecule has 4 rings (SSSR count). The van der Waals surface area contributed by atoms with Gasteiger partial charge in [-0.2, -0.15) is 5.10 Å². The molecule has 0 atom stereocenters. The van der Waals surface area contributed by atoms with E-state index >= 15 is 0 Å². The number of nitrogens with two attached hydrogens (primary N) is 1. The Balaban J connectivity index is 1.55. The summed E-state index contributed by atoms with van der Waals surface area (Å²) in [7, 11) is -3.71. The zero-order valence-corrected chi connectivity index (χ0v) is 15.5. The fraction of sp³-hybridized carbons (Fsp3) is 0.111. The van der Waals surface area contributed by atoms with Crippen LogP contribution < -0.4 is 10.5 Å². The average Bonchev–Trinajstić information content (AvgIpc) is 3.20. The summed E-state index contributed by atoms with van der Waals surface area (Å²) >= 11 is 0. The maximum atomic E-state index is 11.4. The molecule has 0 amide bonds. The molecule has 0 radical (unpaired) electrons. The topological polar surface area (TPSA) is 129 Å². The van der Waals surface area contributed by atoms with Gasteiger partial charge in [0.15, 0.2) is 0 Å². The predicted octanol–water partition coefficient (Wildman–Crippen LogP) is 1.65. The summed E-state index contributed by atoms with van der Waals surface area (Å²) < 4.78 is 24.5. The quantitative estimate of drug-likeness (QED) is 0.508. The standard InChI is InChI=1S/C18H17N7O2S/c19-28(26,27)16-5-3-13(4-6-16)14-1-2-15-10-22-18(24-17(15)9-14)21-7-8-25-12-20-11-23-25/h1-6,9-12H,7-8H2,(H2,19,26,27)(H,21,22,24).